The summed E-state index contributed by atoms with van der Waals surface area (Å²) in [6, 6.07) is 14.3. The Bertz CT molecular complexity index is 667. The van der Waals surface area contributed by atoms with Gasteiger partial charge in [0.25, 0.3) is 0 Å². The van der Waals surface area contributed by atoms with Crippen molar-refractivity contribution >= 4 is 5.82 Å². The Morgan fingerprint density at radius 2 is 1.75 bits per heavy atom. The minimum absolute atomic E-state index is 0.537. The maximum absolute atomic E-state index is 4.68. The van der Waals surface area contributed by atoms with Gasteiger partial charge in [-0.25, -0.2) is 4.98 Å². The Kier molecular flexibility index (Phi) is 4.28. The fraction of sp³-hybridized carbons (Fsp3) is 0.476. The van der Waals surface area contributed by atoms with Crippen molar-refractivity contribution in [1.82, 2.24) is 9.88 Å². The van der Waals surface area contributed by atoms with E-state index in [1.807, 2.05) is 6.20 Å². The SMILES string of the molecule is CCc1ccc(-c2ccc(N[C@@H]3C4CCN(CC4)[C@@H]3C)nc2)cc1. The maximum Gasteiger partial charge on any atom is 0.126 e. The summed E-state index contributed by atoms with van der Waals surface area (Å²) in [5.74, 6) is 1.81. The summed E-state index contributed by atoms with van der Waals surface area (Å²) in [5.41, 5.74) is 3.80. The highest BCUT2D eigenvalue weighted by molar-refractivity contribution is 5.64. The average molecular weight is 321 g/mol. The molecular weight excluding hydrogens is 294 g/mol. The zero-order chi connectivity index (χ0) is 16.5. The fourth-order valence-electron chi connectivity index (χ4n) is 4.30. The lowest BCUT2D eigenvalue weighted by Gasteiger charge is -2.50. The second-order valence-electron chi connectivity index (χ2n) is 7.27. The van der Waals surface area contributed by atoms with Crippen molar-refractivity contribution in [3.63, 3.8) is 0 Å². The summed E-state index contributed by atoms with van der Waals surface area (Å²) in [6.07, 6.45) is 5.72. The van der Waals surface area contributed by atoms with Crippen LogP contribution in [0.4, 0.5) is 5.82 Å². The summed E-state index contributed by atoms with van der Waals surface area (Å²) in [4.78, 5) is 7.29. The van der Waals surface area contributed by atoms with Crippen molar-refractivity contribution in [2.75, 3.05) is 18.4 Å². The molecule has 2 aromatic rings. The molecule has 1 aromatic carbocycles. The van der Waals surface area contributed by atoms with Gasteiger partial charge in [-0.1, -0.05) is 31.2 Å². The first kappa shape index (κ1) is 15.6. The molecule has 0 aliphatic carbocycles. The van der Waals surface area contributed by atoms with Crippen molar-refractivity contribution < 1.29 is 0 Å². The van der Waals surface area contributed by atoms with Gasteiger partial charge in [-0.3, -0.25) is 4.90 Å². The molecule has 3 aliphatic rings. The topological polar surface area (TPSA) is 28.2 Å². The smallest absolute Gasteiger partial charge is 0.126 e. The lowest BCUT2D eigenvalue weighted by molar-refractivity contribution is 0.0457. The molecule has 0 radical (unpaired) electrons. The molecule has 3 fully saturated rings. The van der Waals surface area contributed by atoms with E-state index in [0.717, 1.165) is 18.2 Å². The molecule has 2 bridgehead atoms. The van der Waals surface area contributed by atoms with Crippen LogP contribution in [-0.2, 0) is 6.42 Å². The minimum Gasteiger partial charge on any atom is -0.365 e. The van der Waals surface area contributed by atoms with Gasteiger partial charge < -0.3 is 5.32 Å². The summed E-state index contributed by atoms with van der Waals surface area (Å²) in [7, 11) is 0. The molecule has 2 atom stereocenters. The van der Waals surface area contributed by atoms with Crippen LogP contribution in [0.2, 0.25) is 0 Å². The van der Waals surface area contributed by atoms with E-state index in [4.69, 9.17) is 0 Å². The third-order valence-electron chi connectivity index (χ3n) is 5.95. The first-order valence-corrected chi connectivity index (χ1v) is 9.30. The van der Waals surface area contributed by atoms with E-state index in [2.05, 4.69) is 65.4 Å². The van der Waals surface area contributed by atoms with Crippen LogP contribution in [0.5, 0.6) is 0 Å². The molecule has 126 valence electrons. The molecule has 0 amide bonds. The number of benzene rings is 1. The monoisotopic (exact) mass is 321 g/mol. The number of aromatic nitrogens is 1. The van der Waals surface area contributed by atoms with E-state index < -0.39 is 0 Å². The van der Waals surface area contributed by atoms with Crippen LogP contribution in [0.1, 0.15) is 32.3 Å². The molecule has 24 heavy (non-hydrogen) atoms. The van der Waals surface area contributed by atoms with Crippen molar-refractivity contribution in [2.24, 2.45) is 5.92 Å². The highest BCUT2D eigenvalue weighted by Crippen LogP contribution is 2.34. The molecule has 0 saturated carbocycles. The molecule has 4 heterocycles. The molecule has 3 aliphatic heterocycles. The van der Waals surface area contributed by atoms with E-state index in [9.17, 15) is 0 Å². The zero-order valence-electron chi connectivity index (χ0n) is 14.7. The molecular formula is C21H27N3. The van der Waals surface area contributed by atoms with Gasteiger partial charge in [0, 0.05) is 23.8 Å². The van der Waals surface area contributed by atoms with Crippen LogP contribution in [0.15, 0.2) is 42.6 Å². The summed E-state index contributed by atoms with van der Waals surface area (Å²) in [6.45, 7) is 7.08. The largest absolute Gasteiger partial charge is 0.365 e. The van der Waals surface area contributed by atoms with Crippen LogP contribution in [0.3, 0.4) is 0 Å². The molecule has 1 aromatic heterocycles. The number of nitrogens with zero attached hydrogens (tertiary/aromatic N) is 2. The maximum atomic E-state index is 4.68. The average Bonchev–Trinajstić information content (AvgIpc) is 2.66. The van der Waals surface area contributed by atoms with Crippen molar-refractivity contribution in [3.05, 3.63) is 48.2 Å². The number of pyridine rings is 1. The Morgan fingerprint density at radius 1 is 1.04 bits per heavy atom. The summed E-state index contributed by atoms with van der Waals surface area (Å²) >= 11 is 0. The summed E-state index contributed by atoms with van der Waals surface area (Å²) < 4.78 is 0. The van der Waals surface area contributed by atoms with Crippen LogP contribution in [0.25, 0.3) is 11.1 Å². The van der Waals surface area contributed by atoms with Crippen molar-refractivity contribution in [3.8, 4) is 11.1 Å². The third-order valence-corrected chi connectivity index (χ3v) is 5.95. The van der Waals surface area contributed by atoms with E-state index in [1.54, 1.807) is 0 Å². The Hall–Kier alpha value is -1.87. The van der Waals surface area contributed by atoms with Gasteiger partial charge in [0.2, 0.25) is 0 Å². The van der Waals surface area contributed by atoms with Crippen LogP contribution < -0.4 is 5.32 Å². The molecule has 3 saturated heterocycles. The van der Waals surface area contributed by atoms with Crippen LogP contribution >= 0.6 is 0 Å². The number of anilines is 1. The quantitative estimate of drug-likeness (QED) is 0.914. The molecule has 1 N–H and O–H groups in total. The minimum atomic E-state index is 0.537. The van der Waals surface area contributed by atoms with Crippen LogP contribution in [0, 0.1) is 5.92 Å². The molecule has 5 rings (SSSR count). The van der Waals surface area contributed by atoms with E-state index in [0.29, 0.717) is 12.1 Å². The second-order valence-corrected chi connectivity index (χ2v) is 7.27. The van der Waals surface area contributed by atoms with E-state index in [1.165, 1.54) is 42.6 Å². The summed E-state index contributed by atoms with van der Waals surface area (Å²) in [5, 5.41) is 3.71. The van der Waals surface area contributed by atoms with Crippen molar-refractivity contribution in [1.29, 1.82) is 0 Å². The number of hydrogen-bond donors (Lipinski definition) is 1. The number of rotatable bonds is 4. The number of aryl methyl sites for hydroxylation is 1. The molecule has 0 unspecified atom stereocenters. The standard InChI is InChI=1S/C21H27N3/c1-3-16-4-6-17(7-5-16)19-8-9-20(22-14-19)23-21-15(2)24-12-10-18(21)11-13-24/h4-9,14-15,18,21H,3,10-13H2,1-2H3,(H,22,23)/t15-,21+/m1/s1. The molecule has 0 spiro atoms. The zero-order valence-corrected chi connectivity index (χ0v) is 14.7. The Balaban J connectivity index is 1.47. The van der Waals surface area contributed by atoms with E-state index in [-0.39, 0.29) is 0 Å². The Morgan fingerprint density at radius 3 is 2.33 bits per heavy atom. The lowest BCUT2D eigenvalue weighted by Crippen LogP contribution is -2.59. The van der Waals surface area contributed by atoms with Gasteiger partial charge in [-0.15, -0.1) is 0 Å². The first-order valence-electron chi connectivity index (χ1n) is 9.30. The highest BCUT2D eigenvalue weighted by atomic mass is 15.2. The van der Waals surface area contributed by atoms with Crippen molar-refractivity contribution in [2.45, 2.75) is 45.2 Å². The van der Waals surface area contributed by atoms with Gasteiger partial charge in [0.1, 0.15) is 5.82 Å². The highest BCUT2D eigenvalue weighted by Gasteiger charge is 2.39. The molecule has 3 nitrogen and oxygen atoms in total. The predicted octanol–water partition coefficient (Wildman–Crippen LogP) is 4.21. The van der Waals surface area contributed by atoms with Gasteiger partial charge >= 0.3 is 0 Å². The van der Waals surface area contributed by atoms with Gasteiger partial charge in [-0.2, -0.15) is 0 Å². The second kappa shape index (κ2) is 6.56. The van der Waals surface area contributed by atoms with Gasteiger partial charge in [-0.05, 0) is 68.5 Å². The number of hydrogen-bond acceptors (Lipinski definition) is 3. The third kappa shape index (κ3) is 2.93. The number of fused-ring (bicyclic) bond motifs is 3. The van der Waals surface area contributed by atoms with Crippen LogP contribution in [-0.4, -0.2) is 35.1 Å². The number of piperidine rings is 3. The number of nitrogens with one attached hydrogen (secondary N) is 1. The Labute approximate surface area is 145 Å². The van der Waals surface area contributed by atoms with Gasteiger partial charge in [0.05, 0.1) is 0 Å². The van der Waals surface area contributed by atoms with Gasteiger partial charge in [0.15, 0.2) is 0 Å². The fourth-order valence-corrected chi connectivity index (χ4v) is 4.30. The van der Waals surface area contributed by atoms with E-state index >= 15 is 0 Å². The molecule has 3 heteroatoms. The first-order chi connectivity index (χ1) is 11.7. The predicted molar refractivity (Wildman–Crippen MR) is 100 cm³/mol. The lowest BCUT2D eigenvalue weighted by atomic mass is 9.79. The normalized spacial score (nSPS) is 28.8.